The maximum Gasteiger partial charge on any atom is 0.393 e. The maximum atomic E-state index is 12.5. The molecule has 3 heteroatoms. The van der Waals surface area contributed by atoms with Crippen LogP contribution in [0.25, 0.3) is 0 Å². The summed E-state index contributed by atoms with van der Waals surface area (Å²) in [5.74, 6) is 3.34. The van der Waals surface area contributed by atoms with E-state index in [1.165, 1.54) is 69.8 Å². The van der Waals surface area contributed by atoms with Crippen molar-refractivity contribution >= 4 is 0 Å². The van der Waals surface area contributed by atoms with E-state index in [4.69, 9.17) is 0 Å². The van der Waals surface area contributed by atoms with E-state index in [-0.39, 0.29) is 0 Å². The van der Waals surface area contributed by atoms with Gasteiger partial charge in [0.05, 0.1) is 6.42 Å². The summed E-state index contributed by atoms with van der Waals surface area (Å²) in [4.78, 5) is 0. The zero-order valence-electron chi connectivity index (χ0n) is 16.0. The lowest BCUT2D eigenvalue weighted by molar-refractivity contribution is -0.127. The van der Waals surface area contributed by atoms with E-state index in [9.17, 15) is 13.2 Å². The molecule has 1 aromatic rings. The van der Waals surface area contributed by atoms with Crippen LogP contribution in [-0.4, -0.2) is 6.18 Å². The molecular formula is C23H33F3. The second kappa shape index (κ2) is 8.80. The standard InChI is InChI=1S/C23H33F3/c1-2-3-17-4-8-19(9-5-17)21-12-14-22(15-13-21)20-10-6-18(7-11-20)16-23(24,25)26/h6-7,10-11,17,19,21-22H,2-5,8-9,12-16H2,1H3. The van der Waals surface area contributed by atoms with Gasteiger partial charge in [-0.3, -0.25) is 0 Å². The van der Waals surface area contributed by atoms with Gasteiger partial charge in [-0.1, -0.05) is 56.9 Å². The summed E-state index contributed by atoms with van der Waals surface area (Å²) in [6.07, 6.45) is 8.52. The van der Waals surface area contributed by atoms with Crippen molar-refractivity contribution in [1.29, 1.82) is 0 Å². The molecule has 146 valence electrons. The van der Waals surface area contributed by atoms with Gasteiger partial charge in [0.15, 0.2) is 0 Å². The van der Waals surface area contributed by atoms with Crippen LogP contribution in [0.5, 0.6) is 0 Å². The highest BCUT2D eigenvalue weighted by Crippen LogP contribution is 2.44. The summed E-state index contributed by atoms with van der Waals surface area (Å²) in [5.41, 5.74) is 1.61. The van der Waals surface area contributed by atoms with Crippen molar-refractivity contribution in [1.82, 2.24) is 0 Å². The molecule has 2 aliphatic carbocycles. The number of benzene rings is 1. The first kappa shape index (κ1) is 19.8. The summed E-state index contributed by atoms with van der Waals surface area (Å²) < 4.78 is 37.5. The fourth-order valence-corrected chi connectivity index (χ4v) is 5.42. The Kier molecular flexibility index (Phi) is 6.69. The van der Waals surface area contributed by atoms with Gasteiger partial charge in [-0.05, 0) is 73.3 Å². The first-order chi connectivity index (χ1) is 12.4. The van der Waals surface area contributed by atoms with Crippen molar-refractivity contribution in [3.05, 3.63) is 35.4 Å². The Morgan fingerprint density at radius 1 is 0.808 bits per heavy atom. The van der Waals surface area contributed by atoms with Gasteiger partial charge < -0.3 is 0 Å². The number of rotatable bonds is 5. The minimum Gasteiger partial charge on any atom is -0.171 e. The van der Waals surface area contributed by atoms with E-state index in [0.717, 1.165) is 17.8 Å². The number of hydrogen-bond donors (Lipinski definition) is 0. The van der Waals surface area contributed by atoms with Gasteiger partial charge in [-0.25, -0.2) is 0 Å². The molecule has 0 nitrogen and oxygen atoms in total. The molecule has 0 saturated heterocycles. The van der Waals surface area contributed by atoms with Crippen LogP contribution in [0.4, 0.5) is 13.2 Å². The van der Waals surface area contributed by atoms with Crippen LogP contribution in [0.2, 0.25) is 0 Å². The van der Waals surface area contributed by atoms with Crippen LogP contribution in [-0.2, 0) is 6.42 Å². The molecule has 0 radical (unpaired) electrons. The van der Waals surface area contributed by atoms with Crippen LogP contribution < -0.4 is 0 Å². The van der Waals surface area contributed by atoms with Gasteiger partial charge in [0, 0.05) is 0 Å². The van der Waals surface area contributed by atoms with Crippen molar-refractivity contribution in [2.45, 2.75) is 89.6 Å². The van der Waals surface area contributed by atoms with Crippen molar-refractivity contribution < 1.29 is 13.2 Å². The molecule has 2 saturated carbocycles. The second-order valence-corrected chi connectivity index (χ2v) is 8.71. The molecule has 26 heavy (non-hydrogen) atoms. The predicted molar refractivity (Wildman–Crippen MR) is 101 cm³/mol. The monoisotopic (exact) mass is 366 g/mol. The molecule has 1 aromatic carbocycles. The van der Waals surface area contributed by atoms with E-state index in [1.54, 1.807) is 12.1 Å². The summed E-state index contributed by atoms with van der Waals surface area (Å²) >= 11 is 0. The van der Waals surface area contributed by atoms with Crippen LogP contribution >= 0.6 is 0 Å². The molecule has 0 spiro atoms. The lowest BCUT2D eigenvalue weighted by Gasteiger charge is -2.38. The molecule has 0 heterocycles. The van der Waals surface area contributed by atoms with E-state index in [2.05, 4.69) is 6.92 Å². The second-order valence-electron chi connectivity index (χ2n) is 8.71. The van der Waals surface area contributed by atoms with Gasteiger partial charge in [-0.15, -0.1) is 0 Å². The number of hydrogen-bond acceptors (Lipinski definition) is 0. The third-order valence-corrected chi connectivity index (χ3v) is 6.88. The molecule has 0 atom stereocenters. The van der Waals surface area contributed by atoms with Crippen LogP contribution in [0.1, 0.15) is 88.2 Å². The Morgan fingerprint density at radius 2 is 1.35 bits per heavy atom. The Labute approximate surface area is 156 Å². The Hall–Kier alpha value is -0.990. The van der Waals surface area contributed by atoms with Crippen LogP contribution in [0, 0.1) is 17.8 Å². The predicted octanol–water partition coefficient (Wildman–Crippen LogP) is 7.67. The van der Waals surface area contributed by atoms with Gasteiger partial charge >= 0.3 is 6.18 Å². The summed E-state index contributed by atoms with van der Waals surface area (Å²) in [6, 6.07) is 7.21. The fraction of sp³-hybridized carbons (Fsp3) is 0.739. The van der Waals surface area contributed by atoms with Crippen molar-refractivity contribution in [3.8, 4) is 0 Å². The summed E-state index contributed by atoms with van der Waals surface area (Å²) in [5, 5.41) is 0. The molecule has 0 aliphatic heterocycles. The number of alkyl halides is 3. The quantitative estimate of drug-likeness (QED) is 0.501. The Morgan fingerprint density at radius 3 is 1.85 bits per heavy atom. The third kappa shape index (κ3) is 5.50. The molecule has 0 N–H and O–H groups in total. The first-order valence-electron chi connectivity index (χ1n) is 10.6. The molecule has 0 aromatic heterocycles. The van der Waals surface area contributed by atoms with Gasteiger partial charge in [0.1, 0.15) is 0 Å². The molecule has 2 aliphatic rings. The molecule has 3 rings (SSSR count). The van der Waals surface area contributed by atoms with E-state index < -0.39 is 12.6 Å². The van der Waals surface area contributed by atoms with Crippen molar-refractivity contribution in [2.75, 3.05) is 0 Å². The Bertz CT molecular complexity index is 530. The highest BCUT2D eigenvalue weighted by molar-refractivity contribution is 5.26. The van der Waals surface area contributed by atoms with Crippen LogP contribution in [0.15, 0.2) is 24.3 Å². The van der Waals surface area contributed by atoms with Gasteiger partial charge in [-0.2, -0.15) is 13.2 Å². The normalized spacial score (nSPS) is 30.3. The number of halogens is 3. The van der Waals surface area contributed by atoms with Gasteiger partial charge in [0.2, 0.25) is 0 Å². The maximum absolute atomic E-state index is 12.5. The topological polar surface area (TPSA) is 0 Å². The molecule has 2 fully saturated rings. The molecular weight excluding hydrogens is 333 g/mol. The fourth-order valence-electron chi connectivity index (χ4n) is 5.42. The highest BCUT2D eigenvalue weighted by Gasteiger charge is 2.31. The smallest absolute Gasteiger partial charge is 0.171 e. The SMILES string of the molecule is CCCC1CCC(C2CCC(c3ccc(CC(F)(F)F)cc3)CC2)CC1. The Balaban J connectivity index is 1.46. The molecule has 0 amide bonds. The zero-order chi connectivity index (χ0) is 18.6. The lowest BCUT2D eigenvalue weighted by atomic mass is 9.68. The highest BCUT2D eigenvalue weighted by atomic mass is 19.4. The van der Waals surface area contributed by atoms with Crippen molar-refractivity contribution in [2.24, 2.45) is 17.8 Å². The first-order valence-corrected chi connectivity index (χ1v) is 10.6. The van der Waals surface area contributed by atoms with E-state index >= 15 is 0 Å². The average molecular weight is 367 g/mol. The summed E-state index contributed by atoms with van der Waals surface area (Å²) in [7, 11) is 0. The van der Waals surface area contributed by atoms with E-state index in [0.29, 0.717) is 11.5 Å². The van der Waals surface area contributed by atoms with Gasteiger partial charge in [0.25, 0.3) is 0 Å². The average Bonchev–Trinajstić information content (AvgIpc) is 2.62. The molecule has 0 unspecified atom stereocenters. The largest absolute Gasteiger partial charge is 0.393 e. The lowest BCUT2D eigenvalue weighted by Crippen LogP contribution is -2.25. The van der Waals surface area contributed by atoms with Crippen molar-refractivity contribution in [3.63, 3.8) is 0 Å². The molecule has 0 bridgehead atoms. The van der Waals surface area contributed by atoms with Crippen LogP contribution in [0.3, 0.4) is 0 Å². The summed E-state index contributed by atoms with van der Waals surface area (Å²) in [6.45, 7) is 2.29. The van der Waals surface area contributed by atoms with E-state index in [1.807, 2.05) is 12.1 Å². The minimum absolute atomic E-state index is 0.374. The zero-order valence-corrected chi connectivity index (χ0v) is 16.0. The third-order valence-electron chi connectivity index (χ3n) is 6.88. The minimum atomic E-state index is -4.12.